The van der Waals surface area contributed by atoms with Gasteiger partial charge in [0.25, 0.3) is 0 Å². The molecule has 0 fully saturated rings. The number of rotatable bonds is 12. The van der Waals surface area contributed by atoms with Crippen LogP contribution >= 0.6 is 11.8 Å². The summed E-state index contributed by atoms with van der Waals surface area (Å²) in [5, 5.41) is 29.0. The van der Waals surface area contributed by atoms with Gasteiger partial charge in [0.15, 0.2) is 0 Å². The van der Waals surface area contributed by atoms with Crippen molar-refractivity contribution in [2.75, 3.05) is 11.5 Å². The zero-order valence-electron chi connectivity index (χ0n) is 11.6. The van der Waals surface area contributed by atoms with Crippen molar-refractivity contribution in [2.24, 2.45) is 11.5 Å². The summed E-state index contributed by atoms with van der Waals surface area (Å²) in [5.74, 6) is -4.59. The molecule has 0 bridgehead atoms. The zero-order valence-corrected chi connectivity index (χ0v) is 12.4. The summed E-state index contributed by atoms with van der Waals surface area (Å²) in [5.41, 5.74) is 10.2. The number of thioether (sulfide) groups is 1. The number of hydrogen-bond donors (Lipinski definition) is 6. The van der Waals surface area contributed by atoms with E-state index in [1.165, 1.54) is 0 Å². The first kappa shape index (κ1) is 20.1. The van der Waals surface area contributed by atoms with Crippen LogP contribution in [0, 0.1) is 0 Å². The smallest absolute Gasteiger partial charge is 0.321 e. The fraction of sp³-hybridized carbons (Fsp3) is 0.636. The van der Waals surface area contributed by atoms with Crippen LogP contribution < -0.4 is 16.8 Å². The fourth-order valence-electron chi connectivity index (χ4n) is 1.38. The van der Waals surface area contributed by atoms with Crippen molar-refractivity contribution in [1.82, 2.24) is 5.32 Å². The molecule has 0 aromatic heterocycles. The SMILES string of the molecule is NC(=O)CC[C@@H](N[C@H](CSC[C@H](N)C(=O)O)C(=O)O)C(=O)O. The Morgan fingerprint density at radius 2 is 1.50 bits per heavy atom. The minimum absolute atomic E-state index is 0.0141. The van der Waals surface area contributed by atoms with Gasteiger partial charge in [-0.3, -0.25) is 24.5 Å². The van der Waals surface area contributed by atoms with Crippen LogP contribution in [-0.2, 0) is 19.2 Å². The third-order valence-corrected chi connectivity index (χ3v) is 3.74. The molecule has 126 valence electrons. The van der Waals surface area contributed by atoms with Gasteiger partial charge in [0.05, 0.1) is 0 Å². The Morgan fingerprint density at radius 3 is 1.91 bits per heavy atom. The predicted octanol–water partition coefficient (Wildman–Crippen LogP) is -2.11. The summed E-state index contributed by atoms with van der Waals surface area (Å²) in [6, 6.07) is -3.60. The van der Waals surface area contributed by atoms with E-state index in [1.807, 2.05) is 0 Å². The van der Waals surface area contributed by atoms with E-state index in [9.17, 15) is 19.2 Å². The number of nitrogens with one attached hydrogen (secondary N) is 1. The molecule has 0 aliphatic rings. The maximum Gasteiger partial charge on any atom is 0.321 e. The molecule has 22 heavy (non-hydrogen) atoms. The Labute approximate surface area is 130 Å². The van der Waals surface area contributed by atoms with Crippen LogP contribution in [0.3, 0.4) is 0 Å². The van der Waals surface area contributed by atoms with Gasteiger partial charge < -0.3 is 26.8 Å². The van der Waals surface area contributed by atoms with Crippen molar-refractivity contribution in [3.63, 3.8) is 0 Å². The van der Waals surface area contributed by atoms with Crippen molar-refractivity contribution in [2.45, 2.75) is 31.0 Å². The lowest BCUT2D eigenvalue weighted by atomic mass is 10.1. The predicted molar refractivity (Wildman–Crippen MR) is 77.3 cm³/mol. The first-order valence-corrected chi connectivity index (χ1v) is 7.36. The number of carbonyl (C=O) groups is 4. The molecule has 8 N–H and O–H groups in total. The molecule has 0 radical (unpaired) electrons. The van der Waals surface area contributed by atoms with Crippen LogP contribution in [0.4, 0.5) is 0 Å². The van der Waals surface area contributed by atoms with Gasteiger partial charge in [-0.1, -0.05) is 0 Å². The largest absolute Gasteiger partial charge is 0.480 e. The van der Waals surface area contributed by atoms with Gasteiger partial charge in [-0.25, -0.2) is 0 Å². The highest BCUT2D eigenvalue weighted by atomic mass is 32.2. The number of amides is 1. The van der Waals surface area contributed by atoms with Crippen LogP contribution in [0.5, 0.6) is 0 Å². The standard InChI is InChI=1S/C11H19N3O7S/c12-5(9(16)17)3-22-4-7(11(20)21)14-6(10(18)19)1-2-8(13)15/h5-7,14H,1-4,12H2,(H2,13,15)(H,16,17)(H,18,19)(H,20,21)/t5-,6+,7+/m0/s1. The van der Waals surface area contributed by atoms with E-state index in [0.29, 0.717) is 0 Å². The second kappa shape index (κ2) is 9.97. The topological polar surface area (TPSA) is 193 Å². The monoisotopic (exact) mass is 337 g/mol. The van der Waals surface area contributed by atoms with E-state index in [4.69, 9.17) is 26.8 Å². The van der Waals surface area contributed by atoms with Crippen molar-refractivity contribution in [1.29, 1.82) is 0 Å². The first-order valence-electron chi connectivity index (χ1n) is 6.21. The Morgan fingerprint density at radius 1 is 0.955 bits per heavy atom. The van der Waals surface area contributed by atoms with Gasteiger partial charge >= 0.3 is 17.9 Å². The van der Waals surface area contributed by atoms with Crippen molar-refractivity contribution in [3.05, 3.63) is 0 Å². The number of hydrogen-bond acceptors (Lipinski definition) is 7. The summed E-state index contributed by atoms with van der Waals surface area (Å²) in [7, 11) is 0. The summed E-state index contributed by atoms with van der Waals surface area (Å²) < 4.78 is 0. The maximum absolute atomic E-state index is 11.1. The van der Waals surface area contributed by atoms with E-state index in [-0.39, 0.29) is 24.3 Å². The van der Waals surface area contributed by atoms with Gasteiger partial charge in [-0.05, 0) is 6.42 Å². The van der Waals surface area contributed by atoms with Crippen LogP contribution in [-0.4, -0.2) is 68.8 Å². The molecule has 0 aromatic carbocycles. The van der Waals surface area contributed by atoms with E-state index < -0.39 is 41.9 Å². The molecule has 11 heteroatoms. The third kappa shape index (κ3) is 8.44. The lowest BCUT2D eigenvalue weighted by Crippen LogP contribution is -2.49. The molecule has 3 atom stereocenters. The maximum atomic E-state index is 11.1. The highest BCUT2D eigenvalue weighted by molar-refractivity contribution is 7.99. The van der Waals surface area contributed by atoms with Crippen molar-refractivity contribution < 1.29 is 34.5 Å². The molecule has 0 saturated heterocycles. The molecule has 0 aromatic rings. The summed E-state index contributed by atoms with van der Waals surface area (Å²) >= 11 is 0.970. The molecule has 0 heterocycles. The van der Waals surface area contributed by atoms with Crippen LogP contribution in [0.25, 0.3) is 0 Å². The van der Waals surface area contributed by atoms with Crippen LogP contribution in [0.1, 0.15) is 12.8 Å². The van der Waals surface area contributed by atoms with Crippen molar-refractivity contribution in [3.8, 4) is 0 Å². The molecule has 0 saturated carbocycles. The Bertz CT molecular complexity index is 432. The number of aliphatic carboxylic acids is 3. The molecule has 10 nitrogen and oxygen atoms in total. The van der Waals surface area contributed by atoms with E-state index in [1.54, 1.807) is 0 Å². The Balaban J connectivity index is 4.52. The number of primary amides is 1. The van der Waals surface area contributed by atoms with Gasteiger partial charge in [-0.15, -0.1) is 0 Å². The van der Waals surface area contributed by atoms with E-state index in [2.05, 4.69) is 5.32 Å². The minimum atomic E-state index is -1.31. The number of carboxylic acid groups (broad SMARTS) is 3. The summed E-state index contributed by atoms with van der Waals surface area (Å²) in [6.07, 6.45) is -0.346. The minimum Gasteiger partial charge on any atom is -0.480 e. The van der Waals surface area contributed by atoms with Crippen molar-refractivity contribution >= 4 is 35.6 Å². The molecule has 0 aliphatic heterocycles. The second-order valence-electron chi connectivity index (χ2n) is 4.44. The molecular weight excluding hydrogens is 318 g/mol. The van der Waals surface area contributed by atoms with Gasteiger partial charge in [0.1, 0.15) is 18.1 Å². The quantitative estimate of drug-likeness (QED) is 0.229. The van der Waals surface area contributed by atoms with Gasteiger partial charge in [-0.2, -0.15) is 11.8 Å². The second-order valence-corrected chi connectivity index (χ2v) is 5.51. The normalized spacial score (nSPS) is 14.8. The van der Waals surface area contributed by atoms with Gasteiger partial charge in [0.2, 0.25) is 5.91 Å². The highest BCUT2D eigenvalue weighted by Gasteiger charge is 2.26. The molecule has 1 amide bonds. The number of carboxylic acids is 3. The zero-order chi connectivity index (χ0) is 17.3. The molecule has 0 unspecified atom stereocenters. The molecule has 0 spiro atoms. The summed E-state index contributed by atoms with van der Waals surface area (Å²) in [4.78, 5) is 43.3. The molecule has 0 aliphatic carbocycles. The fourth-order valence-corrected chi connectivity index (χ4v) is 2.39. The Kier molecular flexibility index (Phi) is 9.13. The first-order chi connectivity index (χ1) is 10.1. The Hall–Kier alpha value is -1.85. The lowest BCUT2D eigenvalue weighted by molar-refractivity contribution is -0.142. The van der Waals surface area contributed by atoms with E-state index >= 15 is 0 Å². The van der Waals surface area contributed by atoms with E-state index in [0.717, 1.165) is 11.8 Å². The van der Waals surface area contributed by atoms with Crippen LogP contribution in [0.2, 0.25) is 0 Å². The average molecular weight is 337 g/mol. The summed E-state index contributed by atoms with van der Waals surface area (Å²) in [6.45, 7) is 0. The number of nitrogens with two attached hydrogens (primary N) is 2. The lowest BCUT2D eigenvalue weighted by Gasteiger charge is -2.20. The van der Waals surface area contributed by atoms with Gasteiger partial charge in [0, 0.05) is 17.9 Å². The molecular formula is C11H19N3O7S. The third-order valence-electron chi connectivity index (χ3n) is 2.58. The molecule has 0 rings (SSSR count). The highest BCUT2D eigenvalue weighted by Crippen LogP contribution is 2.08. The number of carbonyl (C=O) groups excluding carboxylic acids is 1. The van der Waals surface area contributed by atoms with Crippen LogP contribution in [0.15, 0.2) is 0 Å². The average Bonchev–Trinajstić information content (AvgIpc) is 2.39.